The number of aromatic amines is 1. The predicted molar refractivity (Wildman–Crippen MR) is 113 cm³/mol. The van der Waals surface area contributed by atoms with Crippen LogP contribution in [0.4, 0.5) is 23.1 Å². The van der Waals surface area contributed by atoms with Gasteiger partial charge in [0.2, 0.25) is 5.95 Å². The van der Waals surface area contributed by atoms with Crippen LogP contribution in [0.15, 0.2) is 53.6 Å². The summed E-state index contributed by atoms with van der Waals surface area (Å²) < 4.78 is 11.7. The zero-order valence-corrected chi connectivity index (χ0v) is 16.6. The van der Waals surface area contributed by atoms with Crippen molar-refractivity contribution in [2.75, 3.05) is 16.9 Å². The van der Waals surface area contributed by atoms with Gasteiger partial charge in [-0.05, 0) is 55.4 Å². The van der Waals surface area contributed by atoms with Crippen LogP contribution in [0.5, 0.6) is 0 Å². The molecule has 4 aromatic rings. The average Bonchev–Trinajstić information content (AvgIpc) is 3.05. The molecule has 0 aliphatic rings. The number of hydrogen-bond acceptors (Lipinski definition) is 6. The molecule has 1 unspecified atom stereocenters. The highest BCUT2D eigenvalue weighted by atomic mass is 32.2. The largest absolute Gasteiger partial charge is 0.612 e. The van der Waals surface area contributed by atoms with Gasteiger partial charge >= 0.3 is 0 Å². The Morgan fingerprint density at radius 3 is 2.68 bits per heavy atom. The fourth-order valence-electron chi connectivity index (χ4n) is 2.88. The molecular formula is C20H20N6OS. The maximum atomic E-state index is 11.7. The van der Waals surface area contributed by atoms with Crippen molar-refractivity contribution in [1.82, 2.24) is 20.2 Å². The van der Waals surface area contributed by atoms with E-state index in [2.05, 4.69) is 30.8 Å². The lowest BCUT2D eigenvalue weighted by atomic mass is 10.2. The number of hydrogen-bond donors (Lipinski definition) is 3. The van der Waals surface area contributed by atoms with Gasteiger partial charge in [0.25, 0.3) is 0 Å². The van der Waals surface area contributed by atoms with Gasteiger partial charge in [-0.2, -0.15) is 10.1 Å². The molecule has 3 N–H and O–H groups in total. The molecule has 1 atom stereocenters. The first-order valence-corrected chi connectivity index (χ1v) is 10.3. The molecular weight excluding hydrogens is 372 g/mol. The van der Waals surface area contributed by atoms with Crippen LogP contribution >= 0.6 is 0 Å². The number of rotatable bonds is 5. The molecule has 4 rings (SSSR count). The van der Waals surface area contributed by atoms with Gasteiger partial charge in [0.05, 0.1) is 11.2 Å². The van der Waals surface area contributed by atoms with Crippen LogP contribution in [0, 0.1) is 13.8 Å². The van der Waals surface area contributed by atoms with E-state index in [1.54, 1.807) is 12.5 Å². The van der Waals surface area contributed by atoms with Crippen LogP contribution < -0.4 is 10.6 Å². The van der Waals surface area contributed by atoms with Gasteiger partial charge in [-0.15, -0.1) is 0 Å². The molecule has 2 heterocycles. The number of H-pyrrole nitrogens is 1. The first-order valence-electron chi connectivity index (χ1n) is 8.75. The monoisotopic (exact) mass is 392 g/mol. The van der Waals surface area contributed by atoms with E-state index in [1.807, 2.05) is 56.3 Å². The summed E-state index contributed by atoms with van der Waals surface area (Å²) in [5, 5.41) is 14.9. The zero-order valence-electron chi connectivity index (χ0n) is 15.8. The van der Waals surface area contributed by atoms with Crippen molar-refractivity contribution in [3.8, 4) is 0 Å². The van der Waals surface area contributed by atoms with E-state index in [4.69, 9.17) is 0 Å². The number of anilines is 4. The lowest BCUT2D eigenvalue weighted by molar-refractivity contribution is 0.601. The minimum Gasteiger partial charge on any atom is -0.612 e. The molecule has 0 saturated heterocycles. The molecule has 0 saturated carbocycles. The minimum atomic E-state index is -1.04. The molecule has 0 aliphatic carbocycles. The Labute approximate surface area is 165 Å². The van der Waals surface area contributed by atoms with Crippen molar-refractivity contribution in [3.63, 3.8) is 0 Å². The number of aromatic nitrogens is 4. The number of benzene rings is 2. The second-order valence-electron chi connectivity index (χ2n) is 6.53. The standard InChI is InChI=1S/C20H20N6OS/c1-12-11-21-20(23-14-5-4-6-16(9-14)28(3)27)24-19(12)22-15-7-8-17-13(2)25-26-18(17)10-15/h4-11H,1-3H3,(H,25,26)(H2,21,22,23,24). The van der Waals surface area contributed by atoms with Crippen LogP contribution in [0.1, 0.15) is 11.3 Å². The third-order valence-electron chi connectivity index (χ3n) is 4.41. The molecule has 2 aromatic heterocycles. The summed E-state index contributed by atoms with van der Waals surface area (Å²) in [5.74, 6) is 1.17. The Hall–Kier alpha value is -3.10. The molecule has 142 valence electrons. The summed E-state index contributed by atoms with van der Waals surface area (Å²) >= 11 is -1.04. The Morgan fingerprint density at radius 1 is 1.04 bits per heavy atom. The number of nitrogens with zero attached hydrogens (tertiary/aromatic N) is 3. The lowest BCUT2D eigenvalue weighted by Gasteiger charge is -2.12. The van der Waals surface area contributed by atoms with Crippen LogP contribution in [0.25, 0.3) is 10.9 Å². The summed E-state index contributed by atoms with van der Waals surface area (Å²) in [6.45, 7) is 3.92. The number of aryl methyl sites for hydroxylation is 2. The molecule has 8 heteroatoms. The smallest absolute Gasteiger partial charge is 0.229 e. The van der Waals surface area contributed by atoms with Gasteiger partial charge in [-0.1, -0.05) is 6.07 Å². The van der Waals surface area contributed by atoms with E-state index < -0.39 is 11.2 Å². The maximum Gasteiger partial charge on any atom is 0.229 e. The second-order valence-corrected chi connectivity index (χ2v) is 7.91. The van der Waals surface area contributed by atoms with Crippen molar-refractivity contribution < 1.29 is 4.55 Å². The molecule has 0 bridgehead atoms. The molecule has 0 aliphatic heterocycles. The van der Waals surface area contributed by atoms with Gasteiger partial charge in [-0.25, -0.2) is 4.98 Å². The van der Waals surface area contributed by atoms with Gasteiger partial charge < -0.3 is 15.2 Å². The van der Waals surface area contributed by atoms with Crippen molar-refractivity contribution in [2.24, 2.45) is 0 Å². The summed E-state index contributed by atoms with van der Waals surface area (Å²) in [7, 11) is 0. The quantitative estimate of drug-likeness (QED) is 0.440. The SMILES string of the molecule is Cc1cnc(Nc2cccc([S+](C)[O-])c2)nc1Nc1ccc2c(C)n[nH]c2c1. The summed E-state index contributed by atoms with van der Waals surface area (Å²) in [4.78, 5) is 9.69. The maximum absolute atomic E-state index is 11.7. The van der Waals surface area contributed by atoms with Gasteiger partial charge in [-0.3, -0.25) is 5.10 Å². The highest BCUT2D eigenvalue weighted by Gasteiger charge is 2.09. The van der Waals surface area contributed by atoms with E-state index in [0.29, 0.717) is 11.8 Å². The predicted octanol–water partition coefficient (Wildman–Crippen LogP) is 4.19. The molecule has 28 heavy (non-hydrogen) atoms. The highest BCUT2D eigenvalue weighted by Crippen LogP contribution is 2.25. The second kappa shape index (κ2) is 7.49. The van der Waals surface area contributed by atoms with Gasteiger partial charge in [0.15, 0.2) is 4.90 Å². The molecule has 7 nitrogen and oxygen atoms in total. The first kappa shape index (κ1) is 18.3. The number of fused-ring (bicyclic) bond motifs is 1. The normalized spacial score (nSPS) is 12.1. The van der Waals surface area contributed by atoms with Crippen molar-refractivity contribution >= 4 is 45.2 Å². The number of nitrogens with one attached hydrogen (secondary N) is 3. The Morgan fingerprint density at radius 2 is 1.86 bits per heavy atom. The van der Waals surface area contributed by atoms with Gasteiger partial charge in [0.1, 0.15) is 12.1 Å². The van der Waals surface area contributed by atoms with Crippen LogP contribution in [0.2, 0.25) is 0 Å². The fraction of sp³-hybridized carbons (Fsp3) is 0.150. The Balaban J connectivity index is 1.58. The zero-order chi connectivity index (χ0) is 19.7. The third kappa shape index (κ3) is 3.78. The van der Waals surface area contributed by atoms with E-state index in [1.165, 1.54) is 0 Å². The van der Waals surface area contributed by atoms with Crippen molar-refractivity contribution in [3.05, 3.63) is 59.9 Å². The molecule has 2 aromatic carbocycles. The molecule has 0 fully saturated rings. The van der Waals surface area contributed by atoms with Crippen LogP contribution in [-0.4, -0.2) is 31.0 Å². The van der Waals surface area contributed by atoms with E-state index in [-0.39, 0.29) is 0 Å². The topological polar surface area (TPSA) is 102 Å². The van der Waals surface area contributed by atoms with E-state index in [0.717, 1.165) is 38.4 Å². The first-order chi connectivity index (χ1) is 13.5. The van der Waals surface area contributed by atoms with E-state index in [9.17, 15) is 4.55 Å². The third-order valence-corrected chi connectivity index (χ3v) is 5.33. The average molecular weight is 392 g/mol. The van der Waals surface area contributed by atoms with Crippen LogP contribution in [0.3, 0.4) is 0 Å². The van der Waals surface area contributed by atoms with Crippen molar-refractivity contribution in [2.45, 2.75) is 18.7 Å². The lowest BCUT2D eigenvalue weighted by Crippen LogP contribution is -2.03. The van der Waals surface area contributed by atoms with Crippen LogP contribution in [-0.2, 0) is 11.2 Å². The molecule has 0 spiro atoms. The van der Waals surface area contributed by atoms with Gasteiger partial charge in [0, 0.05) is 34.6 Å². The molecule has 0 radical (unpaired) electrons. The summed E-state index contributed by atoms with van der Waals surface area (Å²) in [5.41, 5.74) is 4.57. The minimum absolute atomic E-state index is 0.464. The van der Waals surface area contributed by atoms with E-state index >= 15 is 0 Å². The summed E-state index contributed by atoms with van der Waals surface area (Å²) in [6, 6.07) is 13.4. The highest BCUT2D eigenvalue weighted by molar-refractivity contribution is 7.90. The Kier molecular flexibility index (Phi) is 4.89. The molecule has 0 amide bonds. The fourth-order valence-corrected chi connectivity index (χ4v) is 3.44. The van der Waals surface area contributed by atoms with Crippen molar-refractivity contribution in [1.29, 1.82) is 0 Å². The summed E-state index contributed by atoms with van der Waals surface area (Å²) in [6.07, 6.45) is 3.42. The Bertz CT molecular complexity index is 1140.